The minimum atomic E-state index is 0.596. The fourth-order valence-electron chi connectivity index (χ4n) is 1.69. The molecule has 0 spiro atoms. The molecule has 7 heteroatoms. The van der Waals surface area contributed by atoms with E-state index in [9.17, 15) is 0 Å². The Morgan fingerprint density at radius 2 is 2.10 bits per heavy atom. The molecule has 0 atom stereocenters. The normalized spacial score (nSPS) is 10.9. The first kappa shape index (κ1) is 12.9. The summed E-state index contributed by atoms with van der Waals surface area (Å²) in [5.74, 6) is 1.28. The van der Waals surface area contributed by atoms with Crippen molar-refractivity contribution < 1.29 is 0 Å². The van der Waals surface area contributed by atoms with Gasteiger partial charge in [0.05, 0.1) is 12.4 Å². The van der Waals surface area contributed by atoms with Crippen molar-refractivity contribution in [1.29, 1.82) is 0 Å². The van der Waals surface area contributed by atoms with Crippen LogP contribution in [0.25, 0.3) is 5.82 Å². The average molecular weight is 279 g/mol. The Labute approximate surface area is 121 Å². The van der Waals surface area contributed by atoms with E-state index in [-0.39, 0.29) is 0 Å². The van der Waals surface area contributed by atoms with E-state index in [0.717, 1.165) is 11.1 Å². The number of nitrogens with zero attached hydrogens (tertiary/aromatic N) is 6. The van der Waals surface area contributed by atoms with E-state index in [0.29, 0.717) is 11.6 Å². The second-order valence-corrected chi connectivity index (χ2v) is 4.37. The number of hydrogen-bond donors (Lipinski definition) is 1. The third kappa shape index (κ3) is 3.27. The fourth-order valence-corrected chi connectivity index (χ4v) is 1.69. The Bertz CT molecular complexity index is 749. The first-order valence-electron chi connectivity index (χ1n) is 6.34. The lowest BCUT2D eigenvalue weighted by molar-refractivity contribution is 0.839. The first-order valence-corrected chi connectivity index (χ1v) is 6.34. The van der Waals surface area contributed by atoms with E-state index in [2.05, 4.69) is 30.6 Å². The van der Waals surface area contributed by atoms with E-state index in [1.807, 2.05) is 25.3 Å². The molecule has 0 saturated heterocycles. The topological polar surface area (TPSA) is 80.9 Å². The average Bonchev–Trinajstić information content (AvgIpc) is 2.95. The molecule has 0 aliphatic carbocycles. The first-order chi connectivity index (χ1) is 10.3. The van der Waals surface area contributed by atoms with Crippen LogP contribution in [0.2, 0.25) is 0 Å². The van der Waals surface area contributed by atoms with Crippen LogP contribution in [-0.4, -0.2) is 30.9 Å². The molecule has 3 rings (SSSR count). The smallest absolute Gasteiger partial charge is 0.158 e. The van der Waals surface area contributed by atoms with Crippen molar-refractivity contribution in [2.75, 3.05) is 5.43 Å². The van der Waals surface area contributed by atoms with Crippen LogP contribution in [0, 0.1) is 6.92 Å². The maximum absolute atomic E-state index is 4.21. The van der Waals surface area contributed by atoms with E-state index >= 15 is 0 Å². The van der Waals surface area contributed by atoms with Crippen LogP contribution in [0.15, 0.2) is 54.4 Å². The van der Waals surface area contributed by atoms with Gasteiger partial charge in [-0.3, -0.25) is 10.4 Å². The molecule has 0 aliphatic heterocycles. The summed E-state index contributed by atoms with van der Waals surface area (Å²) in [6, 6.07) is 5.50. The number of nitrogens with one attached hydrogen (secondary N) is 1. The summed E-state index contributed by atoms with van der Waals surface area (Å²) in [4.78, 5) is 12.2. The second-order valence-electron chi connectivity index (χ2n) is 4.37. The number of hydrogen-bond acceptors (Lipinski definition) is 6. The lowest BCUT2D eigenvalue weighted by Gasteiger charge is -2.02. The Hall–Kier alpha value is -3.09. The molecular formula is C14H13N7. The monoisotopic (exact) mass is 279 g/mol. The predicted octanol–water partition coefficient (Wildman–Crippen LogP) is 1.81. The van der Waals surface area contributed by atoms with Gasteiger partial charge in [0.25, 0.3) is 0 Å². The largest absolute Gasteiger partial charge is 0.265 e. The van der Waals surface area contributed by atoms with Crippen LogP contribution in [0.4, 0.5) is 5.82 Å². The minimum absolute atomic E-state index is 0.596. The van der Waals surface area contributed by atoms with Gasteiger partial charge in [0.2, 0.25) is 0 Å². The summed E-state index contributed by atoms with van der Waals surface area (Å²) < 4.78 is 1.69. The van der Waals surface area contributed by atoms with Gasteiger partial charge >= 0.3 is 0 Å². The van der Waals surface area contributed by atoms with E-state index in [4.69, 9.17) is 0 Å². The minimum Gasteiger partial charge on any atom is -0.265 e. The maximum Gasteiger partial charge on any atom is 0.158 e. The zero-order valence-electron chi connectivity index (χ0n) is 11.4. The van der Waals surface area contributed by atoms with Crippen LogP contribution in [0.5, 0.6) is 0 Å². The molecular weight excluding hydrogens is 266 g/mol. The molecule has 1 N–H and O–H groups in total. The Morgan fingerprint density at radius 3 is 2.86 bits per heavy atom. The summed E-state index contributed by atoms with van der Waals surface area (Å²) >= 11 is 0. The summed E-state index contributed by atoms with van der Waals surface area (Å²) in [5.41, 5.74) is 4.89. The van der Waals surface area contributed by atoms with E-state index < -0.39 is 0 Å². The van der Waals surface area contributed by atoms with Gasteiger partial charge < -0.3 is 0 Å². The number of pyridine rings is 1. The predicted molar refractivity (Wildman–Crippen MR) is 79.3 cm³/mol. The Kier molecular flexibility index (Phi) is 3.64. The van der Waals surface area contributed by atoms with Gasteiger partial charge in [0, 0.05) is 24.7 Å². The third-order valence-electron chi connectivity index (χ3n) is 2.70. The molecule has 0 saturated carbocycles. The Morgan fingerprint density at radius 1 is 1.24 bits per heavy atom. The van der Waals surface area contributed by atoms with Gasteiger partial charge in [-0.1, -0.05) is 0 Å². The molecule has 3 heterocycles. The molecule has 0 aliphatic rings. The lowest BCUT2D eigenvalue weighted by atomic mass is 10.3. The number of anilines is 1. The van der Waals surface area contributed by atoms with Crippen LogP contribution in [0.3, 0.4) is 0 Å². The molecule has 7 nitrogen and oxygen atoms in total. The molecule has 104 valence electrons. The standard InChI is InChI=1S/C14H13N7/c1-11-7-19-21(9-11)14-6-13(16-10-17-14)20-18-8-12-2-4-15-5-3-12/h2-10H,1H3,(H,16,17,20)/b18-8+. The third-order valence-corrected chi connectivity index (χ3v) is 2.70. The molecule has 0 amide bonds. The molecule has 3 aromatic heterocycles. The van der Waals surface area contributed by atoms with Gasteiger partial charge in [-0.25, -0.2) is 14.6 Å². The molecule has 0 aromatic carbocycles. The summed E-state index contributed by atoms with van der Waals surface area (Å²) in [5, 5.41) is 8.34. The van der Waals surface area contributed by atoms with E-state index in [1.165, 1.54) is 6.33 Å². The van der Waals surface area contributed by atoms with E-state index in [1.54, 1.807) is 35.6 Å². The number of hydrazone groups is 1. The highest BCUT2D eigenvalue weighted by molar-refractivity contribution is 5.79. The van der Waals surface area contributed by atoms with Crippen LogP contribution >= 0.6 is 0 Å². The van der Waals surface area contributed by atoms with Crippen LogP contribution < -0.4 is 5.43 Å². The van der Waals surface area contributed by atoms with Crippen molar-refractivity contribution in [2.45, 2.75) is 6.92 Å². The molecule has 0 radical (unpaired) electrons. The Balaban J connectivity index is 1.73. The van der Waals surface area contributed by atoms with Crippen molar-refractivity contribution in [3.63, 3.8) is 0 Å². The van der Waals surface area contributed by atoms with Gasteiger partial charge in [0.1, 0.15) is 6.33 Å². The molecule has 3 aromatic rings. The molecule has 0 unspecified atom stereocenters. The van der Waals surface area contributed by atoms with Gasteiger partial charge in [-0.15, -0.1) is 0 Å². The maximum atomic E-state index is 4.21. The zero-order chi connectivity index (χ0) is 14.5. The van der Waals surface area contributed by atoms with Gasteiger partial charge in [-0.2, -0.15) is 10.2 Å². The molecule has 21 heavy (non-hydrogen) atoms. The summed E-state index contributed by atoms with van der Waals surface area (Å²) in [7, 11) is 0. The quantitative estimate of drug-likeness (QED) is 0.582. The van der Waals surface area contributed by atoms with Crippen molar-refractivity contribution in [3.8, 4) is 5.82 Å². The van der Waals surface area contributed by atoms with Crippen molar-refractivity contribution in [1.82, 2.24) is 24.7 Å². The number of aryl methyl sites for hydroxylation is 1. The van der Waals surface area contributed by atoms with Crippen molar-refractivity contribution in [3.05, 3.63) is 60.4 Å². The molecule has 0 bridgehead atoms. The SMILES string of the molecule is Cc1cnn(-c2cc(N/N=C/c3ccncc3)ncn2)c1. The molecule has 0 fully saturated rings. The lowest BCUT2D eigenvalue weighted by Crippen LogP contribution is -2.01. The number of aromatic nitrogens is 5. The van der Waals surface area contributed by atoms with Gasteiger partial charge in [-0.05, 0) is 30.2 Å². The van der Waals surface area contributed by atoms with Gasteiger partial charge in [0.15, 0.2) is 11.6 Å². The highest BCUT2D eigenvalue weighted by atomic mass is 15.3. The fraction of sp³-hybridized carbons (Fsp3) is 0.0714. The summed E-state index contributed by atoms with van der Waals surface area (Å²) in [6.45, 7) is 1.98. The van der Waals surface area contributed by atoms with Crippen molar-refractivity contribution in [2.24, 2.45) is 5.10 Å². The highest BCUT2D eigenvalue weighted by Gasteiger charge is 2.01. The number of rotatable bonds is 4. The van der Waals surface area contributed by atoms with Crippen molar-refractivity contribution >= 4 is 12.0 Å². The highest BCUT2D eigenvalue weighted by Crippen LogP contribution is 2.09. The second kappa shape index (κ2) is 5.91. The van der Waals surface area contributed by atoms with Crippen LogP contribution in [0.1, 0.15) is 11.1 Å². The van der Waals surface area contributed by atoms with Crippen LogP contribution in [-0.2, 0) is 0 Å². The summed E-state index contributed by atoms with van der Waals surface area (Å²) in [6.07, 6.45) is 10.3. The zero-order valence-corrected chi connectivity index (χ0v) is 11.4.